The summed E-state index contributed by atoms with van der Waals surface area (Å²) in [5.41, 5.74) is 7.03. The van der Waals surface area contributed by atoms with Crippen molar-refractivity contribution >= 4 is 39.4 Å². The Morgan fingerprint density at radius 3 is 2.33 bits per heavy atom. The van der Waals surface area contributed by atoms with Gasteiger partial charge in [0, 0.05) is 78.4 Å². The number of amides is 2. The van der Waals surface area contributed by atoms with Crippen LogP contribution in [0.2, 0.25) is 0 Å². The Labute approximate surface area is 470 Å². The van der Waals surface area contributed by atoms with E-state index in [9.17, 15) is 23.5 Å². The quantitative estimate of drug-likeness (QED) is 0.0713. The molecular weight excluding hydrogens is 1050 g/mol. The summed E-state index contributed by atoms with van der Waals surface area (Å²) in [6, 6.07) is 16.4. The van der Waals surface area contributed by atoms with Crippen LogP contribution in [0.25, 0.3) is 55.3 Å². The van der Waals surface area contributed by atoms with E-state index in [1.165, 1.54) is 15.6 Å². The van der Waals surface area contributed by atoms with Crippen LogP contribution in [0, 0.1) is 30.3 Å². The minimum atomic E-state index is -0.974. The van der Waals surface area contributed by atoms with Crippen LogP contribution in [0.4, 0.5) is 19.0 Å². The maximum Gasteiger partial charge on any atom is 0.319 e. The molecule has 4 aromatic heterocycles. The van der Waals surface area contributed by atoms with Crippen LogP contribution >= 0.6 is 0 Å². The minimum Gasteiger partial charge on any atom is -0.486 e. The number of aliphatic hydroxyl groups is 1. The third-order valence-corrected chi connectivity index (χ3v) is 17.0. The smallest absolute Gasteiger partial charge is 0.319 e. The Bertz CT molecular complexity index is 3720. The first-order valence-corrected chi connectivity index (χ1v) is 28.3. The van der Waals surface area contributed by atoms with E-state index in [2.05, 4.69) is 47.1 Å². The summed E-state index contributed by atoms with van der Waals surface area (Å²) >= 11 is 0. The first-order valence-electron chi connectivity index (χ1n) is 28.3. The largest absolute Gasteiger partial charge is 0.486 e. The molecule has 5 fully saturated rings. The molecule has 0 spiro atoms. The number of carbonyl (C=O) groups is 2. The maximum absolute atomic E-state index is 16.1. The van der Waals surface area contributed by atoms with E-state index >= 15 is 4.39 Å². The lowest BCUT2D eigenvalue weighted by Gasteiger charge is -2.31. The molecular formula is C61H63F3N12O6. The molecule has 0 unspecified atom stereocenters. The van der Waals surface area contributed by atoms with Gasteiger partial charge >= 0.3 is 6.01 Å². The number of aromatic nitrogens is 8. The van der Waals surface area contributed by atoms with Crippen molar-refractivity contribution in [1.29, 1.82) is 0 Å². The summed E-state index contributed by atoms with van der Waals surface area (Å²) in [6.07, 6.45) is 8.71. The third-order valence-electron chi connectivity index (χ3n) is 17.0. The molecule has 2 amide bonds. The van der Waals surface area contributed by atoms with E-state index in [4.69, 9.17) is 24.2 Å². The highest BCUT2D eigenvalue weighted by Crippen LogP contribution is 2.54. The van der Waals surface area contributed by atoms with Crippen LogP contribution in [0.15, 0.2) is 85.5 Å². The van der Waals surface area contributed by atoms with Crippen LogP contribution in [-0.4, -0.2) is 125 Å². The van der Waals surface area contributed by atoms with Gasteiger partial charge in [0.2, 0.25) is 11.8 Å². The van der Waals surface area contributed by atoms with Crippen molar-refractivity contribution in [3.8, 4) is 45.3 Å². The second kappa shape index (κ2) is 21.7. The van der Waals surface area contributed by atoms with Crippen LogP contribution in [0.1, 0.15) is 99.6 Å². The van der Waals surface area contributed by atoms with E-state index in [1.54, 1.807) is 50.5 Å². The molecule has 1 saturated carbocycles. The number of hydrogen-bond donors (Lipinski definition) is 4. The molecule has 2 bridgehead atoms. The summed E-state index contributed by atoms with van der Waals surface area (Å²) < 4.78 is 66.0. The number of aliphatic hydroxyl groups excluding tert-OH is 1. The van der Waals surface area contributed by atoms with E-state index < -0.39 is 47.7 Å². The number of benzene rings is 4. The molecule has 4 N–H and O–H groups in total. The molecule has 4 saturated heterocycles. The fourth-order valence-corrected chi connectivity index (χ4v) is 12.5. The number of aromatic amines is 1. The summed E-state index contributed by atoms with van der Waals surface area (Å²) in [5, 5.41) is 35.4. The molecule has 18 nitrogen and oxygen atoms in total. The van der Waals surface area contributed by atoms with Gasteiger partial charge in [-0.3, -0.25) is 19.7 Å². The second-order valence-electron chi connectivity index (χ2n) is 22.9. The minimum absolute atomic E-state index is 0.0354. The number of hydrogen-bond acceptors (Lipinski definition) is 14. The van der Waals surface area contributed by atoms with Crippen molar-refractivity contribution in [2.45, 2.75) is 121 Å². The highest BCUT2D eigenvalue weighted by molar-refractivity contribution is 6.06. The fourth-order valence-electron chi connectivity index (χ4n) is 12.5. The topological polar surface area (TPSA) is 211 Å². The number of anilines is 1. The molecule has 4 aromatic carbocycles. The molecule has 5 aliphatic rings. The van der Waals surface area contributed by atoms with Crippen molar-refractivity contribution < 1.29 is 42.1 Å². The van der Waals surface area contributed by atoms with Crippen LogP contribution in [0.5, 0.6) is 11.8 Å². The normalized spacial score (nSPS) is 20.8. The zero-order chi connectivity index (χ0) is 56.5. The zero-order valence-electron chi connectivity index (χ0n) is 45.9. The predicted molar refractivity (Wildman–Crippen MR) is 299 cm³/mol. The summed E-state index contributed by atoms with van der Waals surface area (Å²) in [7, 11) is 0. The van der Waals surface area contributed by atoms with Gasteiger partial charge in [0.15, 0.2) is 17.4 Å². The van der Waals surface area contributed by atoms with Gasteiger partial charge in [-0.15, -0.1) is 5.10 Å². The molecule has 6 atom stereocenters. The van der Waals surface area contributed by atoms with Crippen LogP contribution in [0.3, 0.4) is 0 Å². The van der Waals surface area contributed by atoms with Gasteiger partial charge in [-0.2, -0.15) is 15.1 Å². The van der Waals surface area contributed by atoms with Gasteiger partial charge in [0.05, 0.1) is 61.2 Å². The molecule has 424 valence electrons. The predicted octanol–water partition coefficient (Wildman–Crippen LogP) is 8.82. The Balaban J connectivity index is 0.777. The van der Waals surface area contributed by atoms with E-state index in [1.807, 2.05) is 38.1 Å². The van der Waals surface area contributed by atoms with E-state index in [-0.39, 0.29) is 60.9 Å². The first kappa shape index (κ1) is 53.3. The van der Waals surface area contributed by atoms with Gasteiger partial charge in [-0.1, -0.05) is 67.6 Å². The summed E-state index contributed by atoms with van der Waals surface area (Å²) in [6.45, 7) is 10.2. The number of ether oxygens (including phenoxy) is 3. The number of β-amino-alcohol motifs (C(OH)–C–C–N with tert-alkyl or cyclic N) is 1. The van der Waals surface area contributed by atoms with Crippen molar-refractivity contribution in [3.63, 3.8) is 0 Å². The maximum atomic E-state index is 16.1. The third kappa shape index (κ3) is 10.1. The highest BCUT2D eigenvalue weighted by Gasteiger charge is 2.44. The number of likely N-dealkylation sites (tertiary alicyclic amines) is 1. The summed E-state index contributed by atoms with van der Waals surface area (Å²) in [4.78, 5) is 46.3. The Hall–Kier alpha value is -8.01. The zero-order valence-corrected chi connectivity index (χ0v) is 45.9. The number of nitrogens with one attached hydrogen (secondary N) is 3. The number of carbonyl (C=O) groups excluding carboxylic acids is 2. The van der Waals surface area contributed by atoms with E-state index in [0.717, 1.165) is 83.6 Å². The number of piperazine rings is 1. The van der Waals surface area contributed by atoms with Crippen molar-refractivity contribution in [3.05, 3.63) is 125 Å². The number of fused-ring (bicyclic) bond motifs is 4. The first-order chi connectivity index (χ1) is 39.7. The average molecular weight is 1120 g/mol. The second-order valence-corrected chi connectivity index (χ2v) is 22.9. The van der Waals surface area contributed by atoms with Crippen molar-refractivity contribution in [2.24, 2.45) is 5.92 Å². The van der Waals surface area contributed by atoms with Gasteiger partial charge in [-0.05, 0) is 84.9 Å². The van der Waals surface area contributed by atoms with Crippen molar-refractivity contribution in [1.82, 2.24) is 55.7 Å². The monoisotopic (exact) mass is 1120 g/mol. The molecule has 13 rings (SSSR count). The van der Waals surface area contributed by atoms with Gasteiger partial charge in [0.25, 0.3) is 0 Å². The Kier molecular flexibility index (Phi) is 14.1. The van der Waals surface area contributed by atoms with E-state index in [0.29, 0.717) is 76.8 Å². The summed E-state index contributed by atoms with van der Waals surface area (Å²) in [5.74, 6) is -1.54. The number of rotatable bonds is 16. The Morgan fingerprint density at radius 1 is 0.866 bits per heavy atom. The lowest BCUT2D eigenvalue weighted by molar-refractivity contribution is -0.142. The highest BCUT2D eigenvalue weighted by atomic mass is 19.1. The number of nitrogens with zero attached hydrogens (tertiary/aromatic N) is 9. The lowest BCUT2D eigenvalue weighted by Crippen LogP contribution is -2.49. The van der Waals surface area contributed by atoms with Crippen LogP contribution in [-0.2, 0) is 20.9 Å². The molecule has 82 heavy (non-hydrogen) atoms. The molecule has 8 aromatic rings. The van der Waals surface area contributed by atoms with Gasteiger partial charge in [-0.25, -0.2) is 17.9 Å². The molecule has 8 heterocycles. The van der Waals surface area contributed by atoms with Crippen LogP contribution < -0.4 is 25.0 Å². The number of H-pyrrole nitrogens is 1. The average Bonchev–Trinajstić information content (AvgIpc) is 3.53. The van der Waals surface area contributed by atoms with Crippen molar-refractivity contribution in [2.75, 3.05) is 37.7 Å². The fraction of sp³-hybridized carbons (Fsp3) is 0.410. The number of halogens is 3. The SMILES string of the molecule is Cc1c(F)cc2[nH]ncc2c1-c1c(C2CC2)cc2c(N3C[C@@H]4C[C@H]3CN4)nc(OC3CCOCC3)nc2c1OCc1ccc(-c2cn([C@H](C(=O)N3C[C@H](O)C[C@H]3C(=O)N[C@@H](C)c3ccc(-c4c(F)cncc4F)cc3)C(C)C)nn2)cc1. The molecule has 0 radical (unpaired) electrons. The van der Waals surface area contributed by atoms with Gasteiger partial charge in [0.1, 0.15) is 47.6 Å². The number of pyridine rings is 1. The standard InChI is InChI=1S/C61H63F3N12O6/c1-31(2)56(60(79)75-28-41(77)20-51(75)59(78)68-33(4)35-9-13-38(14-10-35)53-47(63)25-65-26-48(53)64)76-29-50(72-73-76)37-7-5-34(6-8-37)30-81-57-54(52-32(3)46(62)22-49-45(52)24-67-71-49)43(36-11-12-36)21-44-55(57)69-61(82-42-15-17-80-18-16-42)70-58(44)74-27-39-19-40(74)23-66-39/h5-10,13-14,21-22,24-26,29,31,33,36,39-42,51,56,66,77H,11-12,15-20,23,27-28,30H2,1-4H3,(H,67,71)(H,68,78)/t33-,39-,40-,41+,51-,56-/m0/s1. The molecule has 4 aliphatic heterocycles. The lowest BCUT2D eigenvalue weighted by atomic mass is 9.88. The molecule has 1 aliphatic carbocycles. The molecule has 21 heteroatoms. The Morgan fingerprint density at radius 2 is 1.62 bits per heavy atom. The van der Waals surface area contributed by atoms with Gasteiger partial charge < -0.3 is 39.8 Å².